The molecule has 0 aliphatic carbocycles. The van der Waals surface area contributed by atoms with Gasteiger partial charge < -0.3 is 10.1 Å². The molecule has 0 aliphatic rings. The summed E-state index contributed by atoms with van der Waals surface area (Å²) < 4.78 is 5.70. The van der Waals surface area contributed by atoms with Crippen molar-refractivity contribution in [2.75, 3.05) is 17.7 Å². The van der Waals surface area contributed by atoms with Crippen molar-refractivity contribution in [3.63, 3.8) is 0 Å². The van der Waals surface area contributed by atoms with Crippen LogP contribution in [0.15, 0.2) is 42.5 Å². The summed E-state index contributed by atoms with van der Waals surface area (Å²) in [5, 5.41) is 3.38. The lowest BCUT2D eigenvalue weighted by Crippen LogP contribution is -2.23. The van der Waals surface area contributed by atoms with Gasteiger partial charge in [0.2, 0.25) is 5.91 Å². The fourth-order valence-corrected chi connectivity index (χ4v) is 3.04. The highest BCUT2D eigenvalue weighted by Gasteiger charge is 2.14. The second kappa shape index (κ2) is 9.00. The molecule has 1 unspecified atom stereocenters. The molecule has 1 N–H and O–H groups in total. The average molecular weight is 364 g/mol. The van der Waals surface area contributed by atoms with Gasteiger partial charge in [-0.2, -0.15) is 0 Å². The lowest BCUT2D eigenvalue weighted by Gasteiger charge is -2.14. The summed E-state index contributed by atoms with van der Waals surface area (Å²) in [5.41, 5.74) is 2.92. The predicted molar refractivity (Wildman–Crippen MR) is 103 cm³/mol. The van der Waals surface area contributed by atoms with Gasteiger partial charge in [-0.15, -0.1) is 11.8 Å². The molecule has 24 heavy (non-hydrogen) atoms. The standard InChI is InChI=1S/C19H22ClNO2S/c1-13-5-4-6-17(11-13)23-9-10-24-15(3)19(22)21-18-12-16(20)8-7-14(18)2/h4-8,11-12,15H,9-10H2,1-3H3,(H,21,22). The monoisotopic (exact) mass is 363 g/mol. The first kappa shape index (κ1) is 18.7. The highest BCUT2D eigenvalue weighted by molar-refractivity contribution is 8.00. The summed E-state index contributed by atoms with van der Waals surface area (Å²) >= 11 is 7.55. The molecule has 0 saturated carbocycles. The number of hydrogen-bond donors (Lipinski definition) is 1. The first-order chi connectivity index (χ1) is 11.5. The first-order valence-corrected chi connectivity index (χ1v) is 9.26. The van der Waals surface area contributed by atoms with E-state index in [9.17, 15) is 4.79 Å². The highest BCUT2D eigenvalue weighted by Crippen LogP contribution is 2.22. The molecule has 0 bridgehead atoms. The van der Waals surface area contributed by atoms with Crippen molar-refractivity contribution in [1.82, 2.24) is 0 Å². The fourth-order valence-electron chi connectivity index (χ4n) is 2.13. The summed E-state index contributed by atoms with van der Waals surface area (Å²) in [6.07, 6.45) is 0. The molecule has 0 heterocycles. The maximum atomic E-state index is 12.3. The maximum absolute atomic E-state index is 12.3. The molecule has 2 rings (SSSR count). The Balaban J connectivity index is 1.76. The second-order valence-electron chi connectivity index (χ2n) is 5.63. The van der Waals surface area contributed by atoms with E-state index in [4.69, 9.17) is 16.3 Å². The van der Waals surface area contributed by atoms with Gasteiger partial charge in [-0.25, -0.2) is 0 Å². The number of ether oxygens (including phenoxy) is 1. The molecule has 128 valence electrons. The van der Waals surface area contributed by atoms with E-state index in [2.05, 4.69) is 5.32 Å². The zero-order valence-electron chi connectivity index (χ0n) is 14.1. The number of nitrogens with one attached hydrogen (secondary N) is 1. The molecule has 3 nitrogen and oxygen atoms in total. The molecule has 0 spiro atoms. The molecular weight excluding hydrogens is 342 g/mol. The van der Waals surface area contributed by atoms with Gasteiger partial charge >= 0.3 is 0 Å². The Morgan fingerprint density at radius 2 is 2.04 bits per heavy atom. The maximum Gasteiger partial charge on any atom is 0.237 e. The van der Waals surface area contributed by atoms with Crippen molar-refractivity contribution in [3.05, 3.63) is 58.6 Å². The molecule has 0 aromatic heterocycles. The van der Waals surface area contributed by atoms with Crippen LogP contribution in [-0.2, 0) is 4.79 Å². The number of thioether (sulfide) groups is 1. The van der Waals surface area contributed by atoms with Gasteiger partial charge in [-0.1, -0.05) is 29.8 Å². The van der Waals surface area contributed by atoms with Crippen LogP contribution < -0.4 is 10.1 Å². The number of carbonyl (C=O) groups excluding carboxylic acids is 1. The van der Waals surface area contributed by atoms with E-state index >= 15 is 0 Å². The topological polar surface area (TPSA) is 38.3 Å². The van der Waals surface area contributed by atoms with E-state index in [1.807, 2.05) is 57.2 Å². The van der Waals surface area contributed by atoms with Crippen LogP contribution in [0, 0.1) is 13.8 Å². The highest BCUT2D eigenvalue weighted by atomic mass is 35.5. The number of rotatable bonds is 7. The molecule has 0 fully saturated rings. The van der Waals surface area contributed by atoms with Crippen LogP contribution in [0.25, 0.3) is 0 Å². The van der Waals surface area contributed by atoms with Crippen molar-refractivity contribution in [2.45, 2.75) is 26.0 Å². The van der Waals surface area contributed by atoms with E-state index in [1.165, 1.54) is 5.56 Å². The van der Waals surface area contributed by atoms with Crippen LogP contribution >= 0.6 is 23.4 Å². The molecule has 1 atom stereocenters. The molecule has 2 aromatic carbocycles. The molecular formula is C19H22ClNO2S. The van der Waals surface area contributed by atoms with E-state index in [0.717, 1.165) is 22.8 Å². The molecule has 2 aromatic rings. The normalized spacial score (nSPS) is 11.8. The van der Waals surface area contributed by atoms with Crippen LogP contribution in [-0.4, -0.2) is 23.5 Å². The minimum Gasteiger partial charge on any atom is -0.493 e. The van der Waals surface area contributed by atoms with E-state index < -0.39 is 0 Å². The van der Waals surface area contributed by atoms with Crippen molar-refractivity contribution in [1.29, 1.82) is 0 Å². The molecule has 0 radical (unpaired) electrons. The lowest BCUT2D eigenvalue weighted by molar-refractivity contribution is -0.115. The van der Waals surface area contributed by atoms with Crippen molar-refractivity contribution >= 4 is 35.0 Å². The molecule has 0 saturated heterocycles. The Hall–Kier alpha value is -1.65. The van der Waals surface area contributed by atoms with Crippen molar-refractivity contribution in [3.8, 4) is 5.75 Å². The third kappa shape index (κ3) is 5.77. The third-order valence-corrected chi connectivity index (χ3v) is 4.89. The molecule has 0 aliphatic heterocycles. The minimum atomic E-state index is -0.163. The number of benzene rings is 2. The zero-order chi connectivity index (χ0) is 17.5. The summed E-state index contributed by atoms with van der Waals surface area (Å²) in [4.78, 5) is 12.3. The number of aryl methyl sites for hydroxylation is 2. The van der Waals surface area contributed by atoms with E-state index in [-0.39, 0.29) is 11.2 Å². The van der Waals surface area contributed by atoms with Gasteiger partial charge in [0.05, 0.1) is 11.9 Å². The average Bonchev–Trinajstić information content (AvgIpc) is 2.55. The molecule has 5 heteroatoms. The zero-order valence-corrected chi connectivity index (χ0v) is 15.7. The van der Waals surface area contributed by atoms with Crippen LogP contribution in [0.2, 0.25) is 5.02 Å². The summed E-state index contributed by atoms with van der Waals surface area (Å²) in [7, 11) is 0. The Bertz CT molecular complexity index is 706. The van der Waals surface area contributed by atoms with Crippen LogP contribution in [0.3, 0.4) is 0 Å². The van der Waals surface area contributed by atoms with E-state index in [1.54, 1.807) is 17.8 Å². The van der Waals surface area contributed by atoms with Gasteiger partial charge in [0.15, 0.2) is 0 Å². The Labute approximate surface area is 152 Å². The Morgan fingerprint density at radius 3 is 2.79 bits per heavy atom. The number of anilines is 1. The SMILES string of the molecule is Cc1cccc(OCCSC(C)C(=O)Nc2cc(Cl)ccc2C)c1. The van der Waals surface area contributed by atoms with Gasteiger partial charge in [0, 0.05) is 16.5 Å². The Kier molecular flexibility index (Phi) is 7.00. The molecule has 1 amide bonds. The van der Waals surface area contributed by atoms with Crippen LogP contribution in [0.1, 0.15) is 18.1 Å². The summed E-state index contributed by atoms with van der Waals surface area (Å²) in [6.45, 7) is 6.44. The van der Waals surface area contributed by atoms with Crippen molar-refractivity contribution in [2.24, 2.45) is 0 Å². The predicted octanol–water partition coefficient (Wildman–Crippen LogP) is 5.10. The lowest BCUT2D eigenvalue weighted by atomic mass is 10.2. The summed E-state index contributed by atoms with van der Waals surface area (Å²) in [6, 6.07) is 13.4. The van der Waals surface area contributed by atoms with Gasteiger partial charge in [-0.05, 0) is 56.2 Å². The smallest absolute Gasteiger partial charge is 0.237 e. The third-order valence-electron chi connectivity index (χ3n) is 3.54. The second-order valence-corrected chi connectivity index (χ2v) is 7.51. The largest absolute Gasteiger partial charge is 0.493 e. The fraction of sp³-hybridized carbons (Fsp3) is 0.316. The number of hydrogen-bond acceptors (Lipinski definition) is 3. The number of halogens is 1. The van der Waals surface area contributed by atoms with Crippen LogP contribution in [0.4, 0.5) is 5.69 Å². The van der Waals surface area contributed by atoms with Gasteiger partial charge in [0.25, 0.3) is 0 Å². The number of amides is 1. The van der Waals surface area contributed by atoms with Gasteiger partial charge in [-0.3, -0.25) is 4.79 Å². The quantitative estimate of drug-likeness (QED) is 0.696. The number of carbonyl (C=O) groups is 1. The Morgan fingerprint density at radius 1 is 1.25 bits per heavy atom. The van der Waals surface area contributed by atoms with Crippen molar-refractivity contribution < 1.29 is 9.53 Å². The van der Waals surface area contributed by atoms with Gasteiger partial charge in [0.1, 0.15) is 5.75 Å². The summed E-state index contributed by atoms with van der Waals surface area (Å²) in [5.74, 6) is 1.58. The first-order valence-electron chi connectivity index (χ1n) is 7.84. The minimum absolute atomic E-state index is 0.0269. The van der Waals surface area contributed by atoms with Crippen LogP contribution in [0.5, 0.6) is 5.75 Å². The van der Waals surface area contributed by atoms with E-state index in [0.29, 0.717) is 11.6 Å².